The van der Waals surface area contributed by atoms with E-state index >= 15 is 0 Å². The largest absolute Gasteiger partial charge is 0.387 e. The molecule has 1 atom stereocenters. The van der Waals surface area contributed by atoms with Crippen LogP contribution in [0.25, 0.3) is 5.65 Å². The van der Waals surface area contributed by atoms with Gasteiger partial charge in [-0.05, 0) is 6.92 Å². The maximum Gasteiger partial charge on any atom is 0.155 e. The van der Waals surface area contributed by atoms with Crippen LogP contribution in [-0.2, 0) is 0 Å². The Morgan fingerprint density at radius 3 is 3.14 bits per heavy atom. The third-order valence-corrected chi connectivity index (χ3v) is 2.06. The molecule has 2 aromatic heterocycles. The fraction of sp³-hybridized carbons (Fsp3) is 0.333. The van der Waals surface area contributed by atoms with Gasteiger partial charge in [-0.1, -0.05) is 0 Å². The van der Waals surface area contributed by atoms with Crippen LogP contribution in [0.1, 0.15) is 17.4 Å². The van der Waals surface area contributed by atoms with Gasteiger partial charge in [-0.2, -0.15) is 5.10 Å². The Kier molecular flexibility index (Phi) is 2.18. The van der Waals surface area contributed by atoms with Crippen molar-refractivity contribution in [2.24, 2.45) is 5.73 Å². The van der Waals surface area contributed by atoms with E-state index in [-0.39, 0.29) is 6.54 Å². The Hall–Kier alpha value is -1.46. The number of hydrogen-bond acceptors (Lipinski definition) is 4. The van der Waals surface area contributed by atoms with Crippen molar-refractivity contribution in [2.75, 3.05) is 6.54 Å². The summed E-state index contributed by atoms with van der Waals surface area (Å²) in [5, 5.41) is 13.7. The van der Waals surface area contributed by atoms with Crippen LogP contribution in [0.3, 0.4) is 0 Å². The quantitative estimate of drug-likeness (QED) is 0.703. The van der Waals surface area contributed by atoms with Gasteiger partial charge in [0, 0.05) is 30.6 Å². The monoisotopic (exact) mass is 192 g/mol. The Labute approximate surface area is 81.2 Å². The summed E-state index contributed by atoms with van der Waals surface area (Å²) in [6, 6.07) is 1.87. The van der Waals surface area contributed by atoms with E-state index in [0.29, 0.717) is 5.56 Å². The lowest BCUT2D eigenvalue weighted by atomic mass is 10.2. The second-order valence-corrected chi connectivity index (χ2v) is 3.23. The number of nitrogens with two attached hydrogens (primary N) is 1. The van der Waals surface area contributed by atoms with Gasteiger partial charge in [-0.15, -0.1) is 0 Å². The summed E-state index contributed by atoms with van der Waals surface area (Å²) in [5.74, 6) is 0. The summed E-state index contributed by atoms with van der Waals surface area (Å²) >= 11 is 0. The lowest BCUT2D eigenvalue weighted by Gasteiger charge is -2.06. The van der Waals surface area contributed by atoms with Crippen LogP contribution in [0.5, 0.6) is 0 Å². The van der Waals surface area contributed by atoms with Crippen molar-refractivity contribution < 1.29 is 5.11 Å². The maximum absolute atomic E-state index is 9.49. The second kappa shape index (κ2) is 3.36. The first-order valence-corrected chi connectivity index (χ1v) is 4.41. The molecule has 0 aromatic carbocycles. The summed E-state index contributed by atoms with van der Waals surface area (Å²) in [7, 11) is 0. The standard InChI is InChI=1S/C9H12N4O/c1-6-2-9-11-4-7(8(14)3-10)5-13(9)12-6/h2,4-5,8,14H,3,10H2,1H3. The number of aryl methyl sites for hydroxylation is 1. The van der Waals surface area contributed by atoms with Gasteiger partial charge in [0.2, 0.25) is 0 Å². The zero-order valence-corrected chi connectivity index (χ0v) is 7.88. The fourth-order valence-electron chi connectivity index (χ4n) is 1.32. The topological polar surface area (TPSA) is 76.4 Å². The van der Waals surface area contributed by atoms with Gasteiger partial charge in [0.05, 0.1) is 11.8 Å². The number of hydrogen-bond donors (Lipinski definition) is 2. The van der Waals surface area contributed by atoms with E-state index in [2.05, 4.69) is 10.1 Å². The first-order chi connectivity index (χ1) is 6.70. The van der Waals surface area contributed by atoms with E-state index in [1.807, 2.05) is 13.0 Å². The minimum Gasteiger partial charge on any atom is -0.387 e. The van der Waals surface area contributed by atoms with Gasteiger partial charge >= 0.3 is 0 Å². The van der Waals surface area contributed by atoms with Crippen molar-refractivity contribution in [3.8, 4) is 0 Å². The van der Waals surface area contributed by atoms with E-state index < -0.39 is 6.10 Å². The molecule has 74 valence electrons. The molecule has 3 N–H and O–H groups in total. The lowest BCUT2D eigenvalue weighted by molar-refractivity contribution is 0.185. The van der Waals surface area contributed by atoms with Crippen LogP contribution in [0.2, 0.25) is 0 Å². The molecule has 1 unspecified atom stereocenters. The summed E-state index contributed by atoms with van der Waals surface area (Å²) in [6.07, 6.45) is 2.69. The zero-order valence-electron chi connectivity index (χ0n) is 7.88. The van der Waals surface area contributed by atoms with Crippen LogP contribution in [-0.4, -0.2) is 26.2 Å². The third kappa shape index (κ3) is 1.47. The molecule has 0 saturated carbocycles. The molecule has 0 amide bonds. The summed E-state index contributed by atoms with van der Waals surface area (Å²) in [4.78, 5) is 4.16. The zero-order chi connectivity index (χ0) is 10.1. The first-order valence-electron chi connectivity index (χ1n) is 4.41. The smallest absolute Gasteiger partial charge is 0.155 e. The Balaban J connectivity index is 2.50. The summed E-state index contributed by atoms with van der Waals surface area (Å²) in [5.41, 5.74) is 7.70. The number of rotatable bonds is 2. The highest BCUT2D eigenvalue weighted by atomic mass is 16.3. The molecule has 0 saturated heterocycles. The van der Waals surface area contributed by atoms with Crippen molar-refractivity contribution in [1.29, 1.82) is 0 Å². The molecule has 2 rings (SSSR count). The molecule has 0 spiro atoms. The van der Waals surface area contributed by atoms with Gasteiger partial charge < -0.3 is 10.8 Å². The molecular weight excluding hydrogens is 180 g/mol. The van der Waals surface area contributed by atoms with Gasteiger partial charge in [0.1, 0.15) is 0 Å². The van der Waals surface area contributed by atoms with Crippen molar-refractivity contribution in [3.63, 3.8) is 0 Å². The minimum atomic E-state index is -0.670. The number of aliphatic hydroxyl groups excluding tert-OH is 1. The average Bonchev–Trinajstić information content (AvgIpc) is 2.55. The molecule has 0 aliphatic rings. The van der Waals surface area contributed by atoms with Crippen LogP contribution in [0.4, 0.5) is 0 Å². The third-order valence-electron chi connectivity index (χ3n) is 2.06. The van der Waals surface area contributed by atoms with Gasteiger partial charge in [-0.25, -0.2) is 9.50 Å². The molecule has 5 nitrogen and oxygen atoms in total. The molecule has 2 aromatic rings. The first kappa shape index (κ1) is 9.11. The van der Waals surface area contributed by atoms with Crippen LogP contribution in [0.15, 0.2) is 18.5 Å². The molecule has 0 radical (unpaired) electrons. The van der Waals surface area contributed by atoms with E-state index in [1.54, 1.807) is 16.9 Å². The predicted molar refractivity (Wildman–Crippen MR) is 51.7 cm³/mol. The van der Waals surface area contributed by atoms with E-state index in [9.17, 15) is 5.11 Å². The van der Waals surface area contributed by atoms with Crippen molar-refractivity contribution in [3.05, 3.63) is 29.7 Å². The molecule has 14 heavy (non-hydrogen) atoms. The highest BCUT2D eigenvalue weighted by molar-refractivity contribution is 5.39. The van der Waals surface area contributed by atoms with E-state index in [4.69, 9.17) is 5.73 Å². The maximum atomic E-state index is 9.49. The normalized spacial score (nSPS) is 13.4. The molecule has 2 heterocycles. The van der Waals surface area contributed by atoms with Gasteiger partial charge in [-0.3, -0.25) is 0 Å². The average molecular weight is 192 g/mol. The lowest BCUT2D eigenvalue weighted by Crippen LogP contribution is -2.12. The molecular formula is C9H12N4O. The van der Waals surface area contributed by atoms with E-state index in [0.717, 1.165) is 11.3 Å². The fourth-order valence-corrected chi connectivity index (χ4v) is 1.32. The number of aliphatic hydroxyl groups is 1. The van der Waals surface area contributed by atoms with Gasteiger partial charge in [0.25, 0.3) is 0 Å². The Morgan fingerprint density at radius 1 is 1.64 bits per heavy atom. The highest BCUT2D eigenvalue weighted by Gasteiger charge is 2.07. The van der Waals surface area contributed by atoms with Crippen molar-refractivity contribution >= 4 is 5.65 Å². The molecule has 0 aliphatic heterocycles. The number of fused-ring (bicyclic) bond motifs is 1. The summed E-state index contributed by atoms with van der Waals surface area (Å²) in [6.45, 7) is 2.08. The molecule has 0 fully saturated rings. The SMILES string of the molecule is Cc1cc2ncc(C(O)CN)cn2n1. The van der Waals surface area contributed by atoms with Crippen LogP contribution in [0, 0.1) is 6.92 Å². The van der Waals surface area contributed by atoms with E-state index in [1.165, 1.54) is 0 Å². The number of aromatic nitrogens is 3. The van der Waals surface area contributed by atoms with Crippen molar-refractivity contribution in [1.82, 2.24) is 14.6 Å². The van der Waals surface area contributed by atoms with Gasteiger partial charge in [0.15, 0.2) is 5.65 Å². The minimum absolute atomic E-state index is 0.188. The van der Waals surface area contributed by atoms with Crippen LogP contribution < -0.4 is 5.73 Å². The summed E-state index contributed by atoms with van der Waals surface area (Å²) < 4.78 is 1.64. The highest BCUT2D eigenvalue weighted by Crippen LogP contribution is 2.11. The van der Waals surface area contributed by atoms with Crippen molar-refractivity contribution in [2.45, 2.75) is 13.0 Å². The molecule has 5 heteroatoms. The second-order valence-electron chi connectivity index (χ2n) is 3.23. The molecule has 0 aliphatic carbocycles. The van der Waals surface area contributed by atoms with Crippen LogP contribution >= 0.6 is 0 Å². The molecule has 0 bridgehead atoms. The Morgan fingerprint density at radius 2 is 2.43 bits per heavy atom. The Bertz CT molecular complexity index is 451. The predicted octanol–water partition coefficient (Wildman–Crippen LogP) is 0.0298. The number of nitrogens with zero attached hydrogens (tertiary/aromatic N) is 3.